The Hall–Kier alpha value is -2.44. The van der Waals surface area contributed by atoms with Gasteiger partial charge in [0.25, 0.3) is 5.91 Å². The number of carbonyl (C=O) groups is 1. The van der Waals surface area contributed by atoms with Crippen molar-refractivity contribution in [3.8, 4) is 11.3 Å². The van der Waals surface area contributed by atoms with E-state index in [-0.39, 0.29) is 5.13 Å². The molecule has 0 atom stereocenters. The second-order valence-corrected chi connectivity index (χ2v) is 10.6. The fourth-order valence-electron chi connectivity index (χ4n) is 2.38. The summed E-state index contributed by atoms with van der Waals surface area (Å²) >= 11 is 4.38. The van der Waals surface area contributed by atoms with Gasteiger partial charge in [-0.1, -0.05) is 28.1 Å². The van der Waals surface area contributed by atoms with Crippen LogP contribution in [0.25, 0.3) is 11.3 Å². The molecule has 1 aromatic heterocycles. The lowest BCUT2D eigenvalue weighted by atomic mass is 10.1. The van der Waals surface area contributed by atoms with E-state index < -0.39 is 49.9 Å². The van der Waals surface area contributed by atoms with Gasteiger partial charge in [0.05, 0.1) is 16.5 Å². The van der Waals surface area contributed by atoms with Crippen molar-refractivity contribution in [2.45, 2.75) is 19.1 Å². The molecule has 0 spiro atoms. The molecule has 1 heterocycles. The fourth-order valence-corrected chi connectivity index (χ4v) is 4.08. The Morgan fingerprint density at radius 1 is 1.13 bits per heavy atom. The highest BCUT2D eigenvalue weighted by molar-refractivity contribution is 9.10. The van der Waals surface area contributed by atoms with Crippen LogP contribution < -0.4 is 10.0 Å². The Labute approximate surface area is 188 Å². The topological polar surface area (TPSA) is 88.2 Å². The van der Waals surface area contributed by atoms with Crippen molar-refractivity contribution < 1.29 is 26.4 Å². The van der Waals surface area contributed by atoms with E-state index in [1.807, 2.05) is 16.9 Å². The third kappa shape index (κ3) is 5.08. The highest BCUT2D eigenvalue weighted by atomic mass is 79.9. The molecule has 0 bridgehead atoms. The Bertz CT molecular complexity index is 1250. The quantitative estimate of drug-likeness (QED) is 0.415. The Morgan fingerprint density at radius 2 is 1.77 bits per heavy atom. The van der Waals surface area contributed by atoms with E-state index in [1.54, 1.807) is 17.5 Å². The molecular weight excluding hydrogens is 519 g/mol. The third-order valence-electron chi connectivity index (χ3n) is 4.14. The molecule has 2 N–H and O–H groups in total. The molecule has 0 radical (unpaired) electrons. The first-order chi connectivity index (χ1) is 14.5. The number of nitrogens with zero attached hydrogens (tertiary/aromatic N) is 1. The van der Waals surface area contributed by atoms with E-state index in [0.717, 1.165) is 21.4 Å². The van der Waals surface area contributed by atoms with Crippen LogP contribution in [-0.2, 0) is 10.0 Å². The van der Waals surface area contributed by atoms with Crippen LogP contribution in [0.3, 0.4) is 0 Å². The smallest absolute Gasteiger partial charge is 0.259 e. The monoisotopic (exact) mass is 533 g/mol. The van der Waals surface area contributed by atoms with Gasteiger partial charge in [-0.3, -0.25) is 14.8 Å². The molecule has 0 saturated carbocycles. The molecule has 0 unspecified atom stereocenters. The maximum Gasteiger partial charge on any atom is 0.259 e. The summed E-state index contributed by atoms with van der Waals surface area (Å²) in [6.45, 7) is 2.61. The largest absolute Gasteiger partial charge is 0.298 e. The van der Waals surface area contributed by atoms with Gasteiger partial charge in [-0.15, -0.1) is 11.3 Å². The first-order valence-corrected chi connectivity index (χ1v) is 11.9. The van der Waals surface area contributed by atoms with Crippen molar-refractivity contribution in [3.63, 3.8) is 0 Å². The van der Waals surface area contributed by atoms with Crippen LogP contribution in [0.1, 0.15) is 24.2 Å². The first-order valence-electron chi connectivity index (χ1n) is 8.71. The minimum Gasteiger partial charge on any atom is -0.298 e. The fraction of sp³-hybridized carbons (Fsp3) is 0.158. The number of rotatable bonds is 6. The molecule has 31 heavy (non-hydrogen) atoms. The number of aromatic nitrogens is 1. The second-order valence-electron chi connectivity index (χ2n) is 6.60. The maximum atomic E-state index is 14.3. The van der Waals surface area contributed by atoms with Crippen molar-refractivity contribution in [3.05, 3.63) is 63.2 Å². The van der Waals surface area contributed by atoms with Crippen molar-refractivity contribution in [2.75, 3.05) is 10.0 Å². The van der Waals surface area contributed by atoms with Crippen molar-refractivity contribution >= 4 is 54.0 Å². The number of thiazole rings is 1. The third-order valence-corrected chi connectivity index (χ3v) is 7.15. The molecule has 0 fully saturated rings. The SMILES string of the molecule is CC(C)S(=O)(=O)Nc1c(C(=O)Nc2nc(-c3ccc(Br)cc3)cs2)cc(F)c(F)c1F. The summed E-state index contributed by atoms with van der Waals surface area (Å²) in [5, 5.41) is 3.11. The summed E-state index contributed by atoms with van der Waals surface area (Å²) < 4.78 is 68.8. The number of nitrogens with one attached hydrogen (secondary N) is 2. The molecule has 3 aromatic rings. The zero-order chi connectivity index (χ0) is 22.9. The number of anilines is 2. The van der Waals surface area contributed by atoms with E-state index in [0.29, 0.717) is 11.8 Å². The molecule has 12 heteroatoms. The number of carbonyl (C=O) groups excluding carboxylic acids is 1. The maximum absolute atomic E-state index is 14.3. The summed E-state index contributed by atoms with van der Waals surface area (Å²) in [7, 11) is -4.14. The van der Waals surface area contributed by atoms with E-state index in [1.165, 1.54) is 13.8 Å². The standard InChI is InChI=1S/C19H15BrF3N3O3S2/c1-9(2)31(28,29)26-17-12(7-13(21)15(22)16(17)23)18(27)25-19-24-14(8-30-19)10-3-5-11(20)6-4-10/h3-9,26H,1-2H3,(H,24,25,27). The summed E-state index contributed by atoms with van der Waals surface area (Å²) in [6.07, 6.45) is 0. The van der Waals surface area contributed by atoms with Crippen molar-refractivity contribution in [1.82, 2.24) is 4.98 Å². The summed E-state index contributed by atoms with van der Waals surface area (Å²) in [4.78, 5) is 16.9. The molecule has 3 rings (SSSR count). The molecule has 0 aliphatic rings. The van der Waals surface area contributed by atoms with Gasteiger partial charge in [-0.2, -0.15) is 0 Å². The summed E-state index contributed by atoms with van der Waals surface area (Å²) in [6, 6.07) is 7.64. The van der Waals surface area contributed by atoms with Gasteiger partial charge in [0.2, 0.25) is 10.0 Å². The number of amides is 1. The number of hydrogen-bond donors (Lipinski definition) is 2. The zero-order valence-electron chi connectivity index (χ0n) is 16.0. The molecule has 0 aliphatic heterocycles. The molecule has 164 valence electrons. The van der Waals surface area contributed by atoms with Gasteiger partial charge in [-0.25, -0.2) is 26.6 Å². The van der Waals surface area contributed by atoms with Gasteiger partial charge in [0.15, 0.2) is 22.6 Å². The highest BCUT2D eigenvalue weighted by Crippen LogP contribution is 2.30. The number of halogens is 4. The van der Waals surface area contributed by atoms with E-state index in [4.69, 9.17) is 0 Å². The number of benzene rings is 2. The predicted octanol–water partition coefficient (Wildman–Crippen LogP) is 5.39. The van der Waals surface area contributed by atoms with Crippen LogP contribution in [0.4, 0.5) is 24.0 Å². The lowest BCUT2D eigenvalue weighted by Gasteiger charge is -2.15. The van der Waals surface area contributed by atoms with Crippen LogP contribution in [-0.4, -0.2) is 24.6 Å². The van der Waals surface area contributed by atoms with Crippen LogP contribution in [0.5, 0.6) is 0 Å². The normalized spacial score (nSPS) is 11.6. The lowest BCUT2D eigenvalue weighted by Crippen LogP contribution is -2.26. The molecule has 0 aliphatic carbocycles. The van der Waals surface area contributed by atoms with E-state index in [2.05, 4.69) is 26.2 Å². The Morgan fingerprint density at radius 3 is 2.39 bits per heavy atom. The number of hydrogen-bond acceptors (Lipinski definition) is 5. The van der Waals surface area contributed by atoms with Crippen molar-refractivity contribution in [2.24, 2.45) is 0 Å². The minimum absolute atomic E-state index is 0.103. The van der Waals surface area contributed by atoms with Gasteiger partial charge < -0.3 is 0 Å². The van der Waals surface area contributed by atoms with Crippen LogP contribution in [0.15, 0.2) is 40.2 Å². The predicted molar refractivity (Wildman–Crippen MR) is 117 cm³/mol. The Kier molecular flexibility index (Phi) is 6.72. The van der Waals surface area contributed by atoms with Gasteiger partial charge in [0, 0.05) is 15.4 Å². The minimum atomic E-state index is -4.14. The van der Waals surface area contributed by atoms with Crippen molar-refractivity contribution in [1.29, 1.82) is 0 Å². The van der Waals surface area contributed by atoms with E-state index in [9.17, 15) is 26.4 Å². The molecular formula is C19H15BrF3N3O3S2. The average Bonchev–Trinajstić information content (AvgIpc) is 3.17. The van der Waals surface area contributed by atoms with Crippen LogP contribution >= 0.6 is 27.3 Å². The van der Waals surface area contributed by atoms with E-state index >= 15 is 0 Å². The first kappa shape index (κ1) is 23.2. The molecule has 0 saturated heterocycles. The average molecular weight is 534 g/mol. The van der Waals surface area contributed by atoms with Gasteiger partial charge in [-0.05, 0) is 32.0 Å². The second kappa shape index (κ2) is 8.97. The summed E-state index contributed by atoms with van der Waals surface area (Å²) in [5.41, 5.74) is -0.384. The Balaban J connectivity index is 1.94. The summed E-state index contributed by atoms with van der Waals surface area (Å²) in [5.74, 6) is -6.41. The van der Waals surface area contributed by atoms with Gasteiger partial charge >= 0.3 is 0 Å². The molecule has 1 amide bonds. The molecule has 2 aromatic carbocycles. The number of sulfonamides is 1. The zero-order valence-corrected chi connectivity index (χ0v) is 19.3. The van der Waals surface area contributed by atoms with Crippen LogP contribution in [0, 0.1) is 17.5 Å². The van der Waals surface area contributed by atoms with Gasteiger partial charge in [0.1, 0.15) is 5.69 Å². The van der Waals surface area contributed by atoms with Crippen LogP contribution in [0.2, 0.25) is 0 Å². The highest BCUT2D eigenvalue weighted by Gasteiger charge is 2.27. The lowest BCUT2D eigenvalue weighted by molar-refractivity contribution is 0.102. The molecule has 6 nitrogen and oxygen atoms in total.